The minimum Gasteiger partial charge on any atom is -0.324 e. The Morgan fingerprint density at radius 1 is 1.12 bits per heavy atom. The van der Waals surface area contributed by atoms with E-state index >= 15 is 0 Å². The van der Waals surface area contributed by atoms with Crippen molar-refractivity contribution in [3.63, 3.8) is 0 Å². The molecule has 3 rings (SSSR count). The molecule has 0 radical (unpaired) electrons. The van der Waals surface area contributed by atoms with E-state index in [0.717, 1.165) is 18.4 Å². The molecule has 0 bridgehead atoms. The number of benzene rings is 2. The monoisotopic (exact) mass is 227 g/mol. The van der Waals surface area contributed by atoms with Gasteiger partial charge in [-0.2, -0.15) is 0 Å². The average molecular weight is 227 g/mol. The molecule has 2 N–H and O–H groups in total. The molecule has 0 aliphatic heterocycles. The van der Waals surface area contributed by atoms with Crippen LogP contribution in [0.2, 0.25) is 0 Å². The van der Waals surface area contributed by atoms with Gasteiger partial charge in [0.15, 0.2) is 0 Å². The molecule has 1 aliphatic carbocycles. The minimum atomic E-state index is -0.172. The topological polar surface area (TPSA) is 26.0 Å². The van der Waals surface area contributed by atoms with Gasteiger partial charge in [-0.1, -0.05) is 36.4 Å². The van der Waals surface area contributed by atoms with Crippen molar-refractivity contribution in [1.29, 1.82) is 0 Å². The Bertz CT molecular complexity index is 563. The van der Waals surface area contributed by atoms with Crippen LogP contribution in [0.15, 0.2) is 42.5 Å². The van der Waals surface area contributed by atoms with Crippen LogP contribution in [0.1, 0.15) is 23.6 Å². The van der Waals surface area contributed by atoms with Gasteiger partial charge in [0.1, 0.15) is 5.82 Å². The molecule has 1 nitrogen and oxygen atoms in total. The molecule has 86 valence electrons. The maximum Gasteiger partial charge on any atom is 0.131 e. The van der Waals surface area contributed by atoms with E-state index in [2.05, 4.69) is 6.07 Å². The summed E-state index contributed by atoms with van der Waals surface area (Å²) >= 11 is 0. The molecule has 0 heterocycles. The summed E-state index contributed by atoms with van der Waals surface area (Å²) in [5, 5.41) is 0. The second-order valence-corrected chi connectivity index (χ2v) is 4.54. The number of halogens is 1. The number of hydrogen-bond acceptors (Lipinski definition) is 1. The van der Waals surface area contributed by atoms with Gasteiger partial charge < -0.3 is 5.73 Å². The highest BCUT2D eigenvalue weighted by atomic mass is 19.1. The van der Waals surface area contributed by atoms with Crippen LogP contribution in [0.5, 0.6) is 0 Å². The summed E-state index contributed by atoms with van der Waals surface area (Å²) in [6, 6.07) is 13.1. The van der Waals surface area contributed by atoms with Crippen molar-refractivity contribution in [2.24, 2.45) is 5.73 Å². The van der Waals surface area contributed by atoms with Gasteiger partial charge in [0.25, 0.3) is 0 Å². The summed E-state index contributed by atoms with van der Waals surface area (Å²) in [5.41, 5.74) is 10.1. The molecule has 0 amide bonds. The smallest absolute Gasteiger partial charge is 0.131 e. The first-order valence-corrected chi connectivity index (χ1v) is 5.89. The quantitative estimate of drug-likeness (QED) is 0.793. The molecule has 1 aliphatic rings. The summed E-state index contributed by atoms with van der Waals surface area (Å²) in [6.07, 6.45) is 1.99. The zero-order valence-corrected chi connectivity index (χ0v) is 9.49. The highest BCUT2D eigenvalue weighted by Crippen LogP contribution is 2.33. The van der Waals surface area contributed by atoms with Crippen LogP contribution in [-0.4, -0.2) is 0 Å². The second kappa shape index (κ2) is 3.97. The van der Waals surface area contributed by atoms with Crippen molar-refractivity contribution < 1.29 is 4.39 Å². The molecule has 0 saturated heterocycles. The Kier molecular flexibility index (Phi) is 2.45. The van der Waals surface area contributed by atoms with Gasteiger partial charge in [0, 0.05) is 11.6 Å². The van der Waals surface area contributed by atoms with E-state index in [1.54, 1.807) is 6.07 Å². The number of hydrogen-bond donors (Lipinski definition) is 1. The van der Waals surface area contributed by atoms with Gasteiger partial charge in [-0.25, -0.2) is 4.39 Å². The molecule has 2 heteroatoms. The third-order valence-corrected chi connectivity index (χ3v) is 3.45. The molecule has 17 heavy (non-hydrogen) atoms. The van der Waals surface area contributed by atoms with Crippen molar-refractivity contribution in [3.8, 4) is 11.1 Å². The SMILES string of the molecule is NC1CCc2cc(-c3ccccc3F)ccc21. The van der Waals surface area contributed by atoms with E-state index in [9.17, 15) is 4.39 Å². The molecule has 2 aromatic rings. The summed E-state index contributed by atoms with van der Waals surface area (Å²) < 4.78 is 13.7. The molecule has 1 atom stereocenters. The summed E-state index contributed by atoms with van der Waals surface area (Å²) in [7, 11) is 0. The number of rotatable bonds is 1. The van der Waals surface area contributed by atoms with Gasteiger partial charge in [-0.15, -0.1) is 0 Å². The third-order valence-electron chi connectivity index (χ3n) is 3.45. The van der Waals surface area contributed by atoms with Crippen molar-refractivity contribution in [1.82, 2.24) is 0 Å². The Morgan fingerprint density at radius 3 is 2.76 bits per heavy atom. The maximum absolute atomic E-state index is 13.7. The number of nitrogens with two attached hydrogens (primary N) is 1. The highest BCUT2D eigenvalue weighted by Gasteiger charge is 2.19. The fourth-order valence-electron chi connectivity index (χ4n) is 2.51. The van der Waals surface area contributed by atoms with Crippen molar-refractivity contribution in [2.75, 3.05) is 0 Å². The van der Waals surface area contributed by atoms with Crippen LogP contribution in [0.4, 0.5) is 4.39 Å². The summed E-state index contributed by atoms with van der Waals surface area (Å²) in [6.45, 7) is 0. The number of fused-ring (bicyclic) bond motifs is 1. The van der Waals surface area contributed by atoms with E-state index < -0.39 is 0 Å². The van der Waals surface area contributed by atoms with Crippen LogP contribution >= 0.6 is 0 Å². The van der Waals surface area contributed by atoms with Gasteiger partial charge in [-0.05, 0) is 35.6 Å². The lowest BCUT2D eigenvalue weighted by Crippen LogP contribution is -2.04. The van der Waals surface area contributed by atoms with Gasteiger partial charge in [0.2, 0.25) is 0 Å². The van der Waals surface area contributed by atoms with Crippen LogP contribution in [0, 0.1) is 5.82 Å². The number of aryl methyl sites for hydroxylation is 1. The Morgan fingerprint density at radius 2 is 1.94 bits per heavy atom. The first-order valence-electron chi connectivity index (χ1n) is 5.89. The van der Waals surface area contributed by atoms with Gasteiger partial charge in [0.05, 0.1) is 0 Å². The summed E-state index contributed by atoms with van der Waals surface area (Å²) in [4.78, 5) is 0. The molecule has 0 fully saturated rings. The molecular formula is C15H14FN. The van der Waals surface area contributed by atoms with Gasteiger partial charge >= 0.3 is 0 Å². The normalized spacial score (nSPS) is 18.1. The highest BCUT2D eigenvalue weighted by molar-refractivity contribution is 5.66. The lowest BCUT2D eigenvalue weighted by molar-refractivity contribution is 0.631. The zero-order chi connectivity index (χ0) is 11.8. The van der Waals surface area contributed by atoms with Crippen LogP contribution in [-0.2, 0) is 6.42 Å². The zero-order valence-electron chi connectivity index (χ0n) is 9.49. The Hall–Kier alpha value is -1.67. The average Bonchev–Trinajstić information content (AvgIpc) is 2.71. The fraction of sp³-hybridized carbons (Fsp3) is 0.200. The lowest BCUT2D eigenvalue weighted by Gasteiger charge is -2.08. The Balaban J connectivity index is 2.09. The van der Waals surface area contributed by atoms with Crippen molar-refractivity contribution in [2.45, 2.75) is 18.9 Å². The third kappa shape index (κ3) is 1.75. The van der Waals surface area contributed by atoms with Crippen molar-refractivity contribution in [3.05, 3.63) is 59.4 Å². The lowest BCUT2D eigenvalue weighted by atomic mass is 9.99. The van der Waals surface area contributed by atoms with E-state index in [0.29, 0.717) is 5.56 Å². The second-order valence-electron chi connectivity index (χ2n) is 4.54. The molecule has 0 saturated carbocycles. The standard InChI is InChI=1S/C15H14FN/c16-14-4-2-1-3-12(14)10-5-7-13-11(9-10)6-8-15(13)17/h1-5,7,9,15H,6,8,17H2. The molecular weight excluding hydrogens is 213 g/mol. The molecule has 0 spiro atoms. The Labute approximate surface area is 100 Å². The molecule has 1 unspecified atom stereocenters. The predicted octanol–water partition coefficient (Wildman–Crippen LogP) is 3.44. The molecule has 2 aromatic carbocycles. The minimum absolute atomic E-state index is 0.152. The van der Waals surface area contributed by atoms with E-state index in [-0.39, 0.29) is 11.9 Å². The van der Waals surface area contributed by atoms with Crippen LogP contribution in [0.3, 0.4) is 0 Å². The summed E-state index contributed by atoms with van der Waals surface area (Å²) in [5.74, 6) is -0.172. The van der Waals surface area contributed by atoms with Crippen LogP contribution in [0.25, 0.3) is 11.1 Å². The first kappa shape index (κ1) is 10.5. The van der Waals surface area contributed by atoms with Crippen molar-refractivity contribution >= 4 is 0 Å². The molecule has 0 aromatic heterocycles. The fourth-order valence-corrected chi connectivity index (χ4v) is 2.51. The predicted molar refractivity (Wildman–Crippen MR) is 67.1 cm³/mol. The van der Waals surface area contributed by atoms with E-state index in [1.807, 2.05) is 24.3 Å². The van der Waals surface area contributed by atoms with E-state index in [4.69, 9.17) is 5.73 Å². The maximum atomic E-state index is 13.7. The first-order chi connectivity index (χ1) is 8.25. The van der Waals surface area contributed by atoms with E-state index in [1.165, 1.54) is 17.2 Å². The largest absolute Gasteiger partial charge is 0.324 e. The van der Waals surface area contributed by atoms with Crippen LogP contribution < -0.4 is 5.73 Å². The van der Waals surface area contributed by atoms with Gasteiger partial charge in [-0.3, -0.25) is 0 Å².